The van der Waals surface area contributed by atoms with Crippen molar-refractivity contribution < 1.29 is 26.4 Å². The van der Waals surface area contributed by atoms with Crippen LogP contribution in [-0.2, 0) is 27.5 Å². The molecule has 0 atom stereocenters. The van der Waals surface area contributed by atoms with Crippen LogP contribution in [0, 0.1) is 0 Å². The third kappa shape index (κ3) is 5.85. The molecule has 0 saturated heterocycles. The summed E-state index contributed by atoms with van der Waals surface area (Å²) in [5.41, 5.74) is -0.700. The molecule has 0 radical (unpaired) electrons. The van der Waals surface area contributed by atoms with Crippen molar-refractivity contribution in [2.75, 3.05) is 17.9 Å². The molecule has 0 N–H and O–H groups in total. The van der Waals surface area contributed by atoms with Crippen molar-refractivity contribution in [2.24, 2.45) is 0 Å². The number of rotatable bonds is 7. The van der Waals surface area contributed by atoms with Gasteiger partial charge in [0.25, 0.3) is 10.0 Å². The quantitative estimate of drug-likeness (QED) is 0.451. The van der Waals surface area contributed by atoms with E-state index in [1.807, 2.05) is 6.07 Å². The van der Waals surface area contributed by atoms with Gasteiger partial charge in [0, 0.05) is 13.6 Å². The fourth-order valence-corrected chi connectivity index (χ4v) is 4.76. The van der Waals surface area contributed by atoms with Crippen LogP contribution in [0.3, 0.4) is 0 Å². The predicted octanol–water partition coefficient (Wildman–Crippen LogP) is 5.21. The van der Waals surface area contributed by atoms with Crippen LogP contribution in [0.5, 0.6) is 0 Å². The van der Waals surface area contributed by atoms with E-state index >= 15 is 0 Å². The molecule has 0 aliphatic rings. The fourth-order valence-electron chi connectivity index (χ4n) is 3.11. The molecular formula is C23H20ClF3N2O3S. The molecule has 0 unspecified atom stereocenters. The van der Waals surface area contributed by atoms with Gasteiger partial charge in [-0.2, -0.15) is 13.2 Å². The molecule has 5 nitrogen and oxygen atoms in total. The van der Waals surface area contributed by atoms with Crippen molar-refractivity contribution in [3.05, 3.63) is 95.0 Å². The minimum atomic E-state index is -4.80. The van der Waals surface area contributed by atoms with Crippen molar-refractivity contribution in [1.82, 2.24) is 4.90 Å². The van der Waals surface area contributed by atoms with E-state index < -0.39 is 39.2 Å². The van der Waals surface area contributed by atoms with E-state index in [0.29, 0.717) is 10.4 Å². The first-order chi connectivity index (χ1) is 15.5. The summed E-state index contributed by atoms with van der Waals surface area (Å²) in [5, 5.41) is -0.573. The lowest BCUT2D eigenvalue weighted by molar-refractivity contribution is -0.137. The second-order valence-electron chi connectivity index (χ2n) is 7.22. The minimum Gasteiger partial charge on any atom is -0.340 e. The van der Waals surface area contributed by atoms with Crippen LogP contribution in [0.1, 0.15) is 11.1 Å². The Bertz CT molecular complexity index is 1220. The van der Waals surface area contributed by atoms with Crippen LogP contribution in [0.15, 0.2) is 83.8 Å². The third-order valence-electron chi connectivity index (χ3n) is 4.84. The Morgan fingerprint density at radius 3 is 2.09 bits per heavy atom. The van der Waals surface area contributed by atoms with Crippen molar-refractivity contribution >= 4 is 33.2 Å². The van der Waals surface area contributed by atoms with E-state index in [1.165, 1.54) is 36.2 Å². The third-order valence-corrected chi connectivity index (χ3v) is 6.96. The Hall–Kier alpha value is -3.04. The summed E-state index contributed by atoms with van der Waals surface area (Å²) in [6, 6.07) is 18.9. The number of likely N-dealkylation sites (N-methyl/N-ethyl adjacent to an activating group) is 1. The lowest BCUT2D eigenvalue weighted by Crippen LogP contribution is -2.41. The largest absolute Gasteiger partial charge is 0.417 e. The van der Waals surface area contributed by atoms with Gasteiger partial charge in [-0.25, -0.2) is 8.42 Å². The van der Waals surface area contributed by atoms with Gasteiger partial charge in [-0.1, -0.05) is 60.1 Å². The molecule has 174 valence electrons. The van der Waals surface area contributed by atoms with Crippen LogP contribution in [0.2, 0.25) is 5.02 Å². The van der Waals surface area contributed by atoms with Gasteiger partial charge in [0.05, 0.1) is 21.2 Å². The topological polar surface area (TPSA) is 57.7 Å². The Labute approximate surface area is 195 Å². The molecule has 3 aromatic carbocycles. The number of nitrogens with zero attached hydrogens (tertiary/aromatic N) is 2. The van der Waals surface area contributed by atoms with Gasteiger partial charge in [-0.15, -0.1) is 0 Å². The van der Waals surface area contributed by atoms with Gasteiger partial charge in [-0.05, 0) is 35.9 Å². The highest BCUT2D eigenvalue weighted by Gasteiger charge is 2.35. The number of anilines is 1. The summed E-state index contributed by atoms with van der Waals surface area (Å²) in [6.07, 6.45) is -4.80. The van der Waals surface area contributed by atoms with E-state index in [9.17, 15) is 26.4 Å². The maximum atomic E-state index is 13.4. The molecule has 0 aliphatic carbocycles. The number of halogens is 4. The molecule has 0 spiro atoms. The van der Waals surface area contributed by atoms with Gasteiger partial charge < -0.3 is 4.90 Å². The average Bonchev–Trinajstić information content (AvgIpc) is 2.78. The normalized spacial score (nSPS) is 11.8. The number of sulfonamides is 1. The zero-order chi connectivity index (χ0) is 24.2. The summed E-state index contributed by atoms with van der Waals surface area (Å²) < 4.78 is 67.6. The molecule has 0 bridgehead atoms. The van der Waals surface area contributed by atoms with Crippen molar-refractivity contribution in [2.45, 2.75) is 17.6 Å². The second-order valence-corrected chi connectivity index (χ2v) is 9.49. The highest BCUT2D eigenvalue weighted by molar-refractivity contribution is 7.92. The maximum absolute atomic E-state index is 13.4. The summed E-state index contributed by atoms with van der Waals surface area (Å²) in [7, 11) is -2.86. The van der Waals surface area contributed by atoms with Crippen LogP contribution in [0.25, 0.3) is 0 Å². The Kier molecular flexibility index (Phi) is 7.34. The lowest BCUT2D eigenvalue weighted by Gasteiger charge is -2.27. The van der Waals surface area contributed by atoms with E-state index in [4.69, 9.17) is 11.6 Å². The highest BCUT2D eigenvalue weighted by Crippen LogP contribution is 2.38. The van der Waals surface area contributed by atoms with Crippen LogP contribution < -0.4 is 4.31 Å². The number of amides is 1. The average molecular weight is 497 g/mol. The Morgan fingerprint density at radius 1 is 0.939 bits per heavy atom. The number of alkyl halides is 3. The predicted molar refractivity (Wildman–Crippen MR) is 120 cm³/mol. The SMILES string of the molecule is CN(Cc1ccccc1)C(=O)CN(c1ccc(Cl)c(C(F)(F)F)c1)S(=O)(=O)c1ccccc1. The van der Waals surface area contributed by atoms with Gasteiger partial charge in [0.15, 0.2) is 0 Å². The first-order valence-corrected chi connectivity index (χ1v) is 11.5. The van der Waals surface area contributed by atoms with Crippen molar-refractivity contribution in [3.8, 4) is 0 Å². The summed E-state index contributed by atoms with van der Waals surface area (Å²) >= 11 is 5.70. The molecular weight excluding hydrogens is 477 g/mol. The van der Waals surface area contributed by atoms with Gasteiger partial charge in [0.1, 0.15) is 6.54 Å². The van der Waals surface area contributed by atoms with Gasteiger partial charge in [0.2, 0.25) is 5.91 Å². The van der Waals surface area contributed by atoms with Crippen molar-refractivity contribution in [1.29, 1.82) is 0 Å². The monoisotopic (exact) mass is 496 g/mol. The minimum absolute atomic E-state index is 0.160. The summed E-state index contributed by atoms with van der Waals surface area (Å²) in [6.45, 7) is -0.493. The molecule has 0 saturated carbocycles. The summed E-state index contributed by atoms with van der Waals surface area (Å²) in [5.74, 6) is -0.595. The molecule has 33 heavy (non-hydrogen) atoms. The van der Waals surface area contributed by atoms with E-state index in [0.717, 1.165) is 17.7 Å². The zero-order valence-corrected chi connectivity index (χ0v) is 19.0. The summed E-state index contributed by atoms with van der Waals surface area (Å²) in [4.78, 5) is 14.1. The van der Waals surface area contributed by atoms with Crippen LogP contribution in [0.4, 0.5) is 18.9 Å². The number of hydrogen-bond acceptors (Lipinski definition) is 3. The molecule has 3 aromatic rings. The zero-order valence-electron chi connectivity index (χ0n) is 17.5. The Balaban J connectivity index is 2.01. The second kappa shape index (κ2) is 9.84. The molecule has 1 amide bonds. The molecule has 0 aromatic heterocycles. The smallest absolute Gasteiger partial charge is 0.340 e. The highest BCUT2D eigenvalue weighted by atomic mass is 35.5. The fraction of sp³-hybridized carbons (Fsp3) is 0.174. The molecule has 10 heteroatoms. The molecule has 0 aliphatic heterocycles. The van der Waals surface area contributed by atoms with Gasteiger partial charge in [-0.3, -0.25) is 9.10 Å². The first kappa shape index (κ1) is 24.6. The van der Waals surface area contributed by atoms with Crippen LogP contribution >= 0.6 is 11.6 Å². The van der Waals surface area contributed by atoms with E-state index in [1.54, 1.807) is 30.3 Å². The Morgan fingerprint density at radius 2 is 1.52 bits per heavy atom. The molecule has 0 heterocycles. The number of hydrogen-bond donors (Lipinski definition) is 0. The maximum Gasteiger partial charge on any atom is 0.417 e. The number of benzene rings is 3. The lowest BCUT2D eigenvalue weighted by atomic mass is 10.2. The number of carbonyl (C=O) groups excluding carboxylic acids is 1. The molecule has 0 fully saturated rings. The van der Waals surface area contributed by atoms with Gasteiger partial charge >= 0.3 is 6.18 Å². The van der Waals surface area contributed by atoms with E-state index in [2.05, 4.69) is 0 Å². The number of carbonyl (C=O) groups is 1. The standard InChI is InChI=1S/C23H20ClF3N2O3S/c1-28(15-17-8-4-2-5-9-17)22(30)16-29(33(31,32)19-10-6-3-7-11-19)18-12-13-21(24)20(14-18)23(25,26)27/h2-14H,15-16H2,1H3. The van der Waals surface area contributed by atoms with Crippen molar-refractivity contribution in [3.63, 3.8) is 0 Å². The van der Waals surface area contributed by atoms with Crippen LogP contribution in [-0.4, -0.2) is 32.8 Å². The molecule has 3 rings (SSSR count). The van der Waals surface area contributed by atoms with E-state index in [-0.39, 0.29) is 17.1 Å². The first-order valence-electron chi connectivity index (χ1n) is 9.72.